The molecule has 1 unspecified atom stereocenters. The van der Waals surface area contributed by atoms with Crippen LogP contribution >= 0.6 is 0 Å². The third-order valence-corrected chi connectivity index (χ3v) is 5.42. The first-order valence-electron chi connectivity index (χ1n) is 8.53. The molecule has 3 aromatic rings. The van der Waals surface area contributed by atoms with Crippen LogP contribution in [0, 0.1) is 6.92 Å². The van der Waals surface area contributed by atoms with Crippen molar-refractivity contribution in [1.82, 2.24) is 4.98 Å². The summed E-state index contributed by atoms with van der Waals surface area (Å²) in [5.41, 5.74) is 7.07. The predicted octanol–water partition coefficient (Wildman–Crippen LogP) is 5.28. The van der Waals surface area contributed by atoms with Crippen molar-refractivity contribution in [2.24, 2.45) is 4.99 Å². The average molecular weight is 314 g/mol. The third kappa shape index (κ3) is 2.17. The lowest BCUT2D eigenvalue weighted by atomic mass is 9.76. The molecule has 1 aliphatic heterocycles. The van der Waals surface area contributed by atoms with E-state index < -0.39 is 0 Å². The summed E-state index contributed by atoms with van der Waals surface area (Å²) in [6, 6.07) is 17.1. The maximum atomic E-state index is 5.16. The highest BCUT2D eigenvalue weighted by atomic mass is 14.9. The Morgan fingerprint density at radius 1 is 0.917 bits per heavy atom. The number of fused-ring (bicyclic) bond motifs is 2. The minimum absolute atomic E-state index is 0.116. The Morgan fingerprint density at radius 2 is 1.71 bits per heavy atom. The van der Waals surface area contributed by atoms with E-state index in [1.807, 2.05) is 12.3 Å². The van der Waals surface area contributed by atoms with Gasteiger partial charge < -0.3 is 0 Å². The SMILES string of the molecule is Cc1c(C2=NC(C)(C)C(C)c3ccccc32)ccc2cccnc12. The van der Waals surface area contributed by atoms with Crippen LogP contribution in [0.5, 0.6) is 0 Å². The van der Waals surface area contributed by atoms with Gasteiger partial charge in [0.25, 0.3) is 0 Å². The van der Waals surface area contributed by atoms with E-state index in [4.69, 9.17) is 4.99 Å². The summed E-state index contributed by atoms with van der Waals surface area (Å²) in [6.07, 6.45) is 1.86. The smallest absolute Gasteiger partial charge is 0.0737 e. The van der Waals surface area contributed by atoms with Gasteiger partial charge in [-0.05, 0) is 38.0 Å². The molecule has 0 bridgehead atoms. The molecule has 0 saturated heterocycles. The molecule has 2 heteroatoms. The third-order valence-electron chi connectivity index (χ3n) is 5.42. The maximum Gasteiger partial charge on any atom is 0.0737 e. The number of hydrogen-bond acceptors (Lipinski definition) is 2. The van der Waals surface area contributed by atoms with Crippen molar-refractivity contribution in [2.75, 3.05) is 0 Å². The molecule has 2 aromatic carbocycles. The number of aliphatic imine (C=N–C) groups is 1. The molecule has 1 aromatic heterocycles. The number of aryl methyl sites for hydroxylation is 1. The van der Waals surface area contributed by atoms with Gasteiger partial charge in [-0.1, -0.05) is 49.4 Å². The Hall–Kier alpha value is -2.48. The lowest BCUT2D eigenvalue weighted by molar-refractivity contribution is 0.432. The highest BCUT2D eigenvalue weighted by Crippen LogP contribution is 2.39. The van der Waals surface area contributed by atoms with Gasteiger partial charge in [0.2, 0.25) is 0 Å². The van der Waals surface area contributed by atoms with Crippen LogP contribution in [0.2, 0.25) is 0 Å². The fraction of sp³-hybridized carbons (Fsp3) is 0.273. The van der Waals surface area contributed by atoms with Crippen LogP contribution in [0.15, 0.2) is 59.7 Å². The Labute approximate surface area is 143 Å². The first kappa shape index (κ1) is 15.1. The molecule has 120 valence electrons. The van der Waals surface area contributed by atoms with E-state index in [2.05, 4.69) is 75.1 Å². The molecule has 0 amide bonds. The molecule has 0 radical (unpaired) electrons. The second-order valence-corrected chi connectivity index (χ2v) is 7.24. The van der Waals surface area contributed by atoms with E-state index >= 15 is 0 Å². The molecule has 0 N–H and O–H groups in total. The quantitative estimate of drug-likeness (QED) is 0.600. The standard InChI is InChI=1S/C22H22N2/c1-14-17(12-11-16-8-7-13-23-20(14)16)21-19-10-6-5-9-18(19)15(2)22(3,4)24-21/h5-13,15H,1-4H3. The van der Waals surface area contributed by atoms with Gasteiger partial charge in [-0.15, -0.1) is 0 Å². The first-order chi connectivity index (χ1) is 11.5. The minimum Gasteiger partial charge on any atom is -0.277 e. The number of aromatic nitrogens is 1. The van der Waals surface area contributed by atoms with Crippen LogP contribution in [0.3, 0.4) is 0 Å². The second kappa shape index (κ2) is 5.27. The summed E-state index contributed by atoms with van der Waals surface area (Å²) in [5, 5.41) is 1.18. The van der Waals surface area contributed by atoms with Crippen molar-refractivity contribution >= 4 is 16.6 Å². The van der Waals surface area contributed by atoms with E-state index in [1.165, 1.54) is 27.6 Å². The Bertz CT molecular complexity index is 967. The highest BCUT2D eigenvalue weighted by molar-refractivity contribution is 6.17. The summed E-state index contributed by atoms with van der Waals surface area (Å²) in [5.74, 6) is 0.399. The number of pyridine rings is 1. The number of hydrogen-bond donors (Lipinski definition) is 0. The van der Waals surface area contributed by atoms with E-state index in [-0.39, 0.29) is 5.54 Å². The van der Waals surface area contributed by atoms with Crippen molar-refractivity contribution in [2.45, 2.75) is 39.2 Å². The number of benzene rings is 2. The number of rotatable bonds is 1. The van der Waals surface area contributed by atoms with Crippen LogP contribution in [0.4, 0.5) is 0 Å². The van der Waals surface area contributed by atoms with Gasteiger partial charge in [0, 0.05) is 28.6 Å². The zero-order chi connectivity index (χ0) is 16.9. The molecule has 24 heavy (non-hydrogen) atoms. The Kier molecular flexibility index (Phi) is 3.31. The molecule has 1 atom stereocenters. The monoisotopic (exact) mass is 314 g/mol. The molecule has 0 aliphatic carbocycles. The fourth-order valence-electron chi connectivity index (χ4n) is 3.67. The minimum atomic E-state index is -0.116. The molecular weight excluding hydrogens is 292 g/mol. The van der Waals surface area contributed by atoms with E-state index in [0.717, 1.165) is 11.2 Å². The fourth-order valence-corrected chi connectivity index (χ4v) is 3.67. The average Bonchev–Trinajstić information content (AvgIpc) is 2.59. The number of nitrogens with zero attached hydrogens (tertiary/aromatic N) is 2. The van der Waals surface area contributed by atoms with Gasteiger partial charge in [-0.2, -0.15) is 0 Å². The molecule has 2 heterocycles. The highest BCUT2D eigenvalue weighted by Gasteiger charge is 2.34. The first-order valence-corrected chi connectivity index (χ1v) is 8.53. The zero-order valence-corrected chi connectivity index (χ0v) is 14.7. The van der Waals surface area contributed by atoms with Crippen LogP contribution in [0.25, 0.3) is 10.9 Å². The Morgan fingerprint density at radius 3 is 2.54 bits per heavy atom. The normalized spacial score (nSPS) is 19.0. The lowest BCUT2D eigenvalue weighted by Crippen LogP contribution is -2.33. The van der Waals surface area contributed by atoms with Gasteiger partial charge in [-0.25, -0.2) is 0 Å². The van der Waals surface area contributed by atoms with Crippen molar-refractivity contribution in [1.29, 1.82) is 0 Å². The molecule has 2 nitrogen and oxygen atoms in total. The van der Waals surface area contributed by atoms with Crippen LogP contribution in [0.1, 0.15) is 48.9 Å². The van der Waals surface area contributed by atoms with Crippen LogP contribution in [-0.4, -0.2) is 16.2 Å². The van der Waals surface area contributed by atoms with E-state index in [1.54, 1.807) is 0 Å². The van der Waals surface area contributed by atoms with E-state index in [9.17, 15) is 0 Å². The molecular formula is C22H22N2. The largest absolute Gasteiger partial charge is 0.277 e. The summed E-state index contributed by atoms with van der Waals surface area (Å²) in [4.78, 5) is 9.75. The summed E-state index contributed by atoms with van der Waals surface area (Å²) in [6.45, 7) is 8.87. The van der Waals surface area contributed by atoms with Crippen molar-refractivity contribution in [3.05, 3.63) is 77.0 Å². The molecule has 0 fully saturated rings. The zero-order valence-electron chi connectivity index (χ0n) is 14.7. The van der Waals surface area contributed by atoms with Crippen LogP contribution < -0.4 is 0 Å². The van der Waals surface area contributed by atoms with Gasteiger partial charge in [0.1, 0.15) is 0 Å². The topological polar surface area (TPSA) is 25.2 Å². The molecule has 0 saturated carbocycles. The summed E-state index contributed by atoms with van der Waals surface area (Å²) in [7, 11) is 0. The molecule has 1 aliphatic rings. The van der Waals surface area contributed by atoms with Gasteiger partial charge in [0.05, 0.1) is 16.8 Å². The van der Waals surface area contributed by atoms with Crippen molar-refractivity contribution < 1.29 is 0 Å². The second-order valence-electron chi connectivity index (χ2n) is 7.24. The van der Waals surface area contributed by atoms with Crippen molar-refractivity contribution in [3.63, 3.8) is 0 Å². The maximum absolute atomic E-state index is 5.16. The summed E-state index contributed by atoms with van der Waals surface area (Å²) >= 11 is 0. The summed E-state index contributed by atoms with van der Waals surface area (Å²) < 4.78 is 0. The van der Waals surface area contributed by atoms with Crippen molar-refractivity contribution in [3.8, 4) is 0 Å². The predicted molar refractivity (Wildman–Crippen MR) is 101 cm³/mol. The van der Waals surface area contributed by atoms with Crippen LogP contribution in [-0.2, 0) is 0 Å². The lowest BCUT2D eigenvalue weighted by Gasteiger charge is -2.36. The Balaban J connectivity index is 2.01. The molecule has 4 rings (SSSR count). The molecule has 0 spiro atoms. The van der Waals surface area contributed by atoms with Gasteiger partial charge in [0.15, 0.2) is 0 Å². The van der Waals surface area contributed by atoms with E-state index in [0.29, 0.717) is 5.92 Å². The van der Waals surface area contributed by atoms with Gasteiger partial charge >= 0.3 is 0 Å². The van der Waals surface area contributed by atoms with Gasteiger partial charge in [-0.3, -0.25) is 9.98 Å².